The Kier molecular flexibility index (Phi) is 4.32. The van der Waals surface area contributed by atoms with Crippen LogP contribution in [0.1, 0.15) is 18.4 Å². The number of hydrogen-bond acceptors (Lipinski definition) is 2. The molecule has 0 amide bonds. The van der Waals surface area contributed by atoms with Gasteiger partial charge in [-0.2, -0.15) is 0 Å². The van der Waals surface area contributed by atoms with Gasteiger partial charge in [0.2, 0.25) is 0 Å². The van der Waals surface area contributed by atoms with Crippen molar-refractivity contribution in [1.82, 2.24) is 10.6 Å². The molecule has 1 saturated carbocycles. The maximum atomic E-state index is 13.2. The van der Waals surface area contributed by atoms with Crippen molar-refractivity contribution in [3.8, 4) is 0 Å². The van der Waals surface area contributed by atoms with E-state index in [1.54, 1.807) is 6.07 Å². The molecule has 0 saturated heterocycles. The Labute approximate surface area is 104 Å². The summed E-state index contributed by atoms with van der Waals surface area (Å²) in [7, 11) is 0. The average Bonchev–Trinajstić information content (AvgIpc) is 3.07. The van der Waals surface area contributed by atoms with E-state index < -0.39 is 0 Å². The van der Waals surface area contributed by atoms with Gasteiger partial charge in [0, 0.05) is 25.7 Å². The first kappa shape index (κ1) is 12.0. The molecule has 1 aliphatic carbocycles. The Morgan fingerprint density at radius 1 is 1.31 bits per heavy atom. The fourth-order valence-corrected chi connectivity index (χ4v) is 1.96. The van der Waals surface area contributed by atoms with E-state index in [2.05, 4.69) is 26.6 Å². The fraction of sp³-hybridized carbons (Fsp3) is 0.500. The summed E-state index contributed by atoms with van der Waals surface area (Å²) < 4.78 is 13.7. The Morgan fingerprint density at radius 2 is 2.12 bits per heavy atom. The lowest BCUT2D eigenvalue weighted by atomic mass is 10.2. The molecule has 0 spiro atoms. The Balaban J connectivity index is 1.69. The van der Waals surface area contributed by atoms with E-state index in [0.717, 1.165) is 24.7 Å². The van der Waals surface area contributed by atoms with Crippen LogP contribution in [0.2, 0.25) is 0 Å². The summed E-state index contributed by atoms with van der Waals surface area (Å²) in [5.41, 5.74) is 0.964. The van der Waals surface area contributed by atoms with Gasteiger partial charge in [-0.1, -0.05) is 12.1 Å². The van der Waals surface area contributed by atoms with E-state index >= 15 is 0 Å². The van der Waals surface area contributed by atoms with Crippen molar-refractivity contribution in [2.24, 2.45) is 0 Å². The summed E-state index contributed by atoms with van der Waals surface area (Å²) in [6, 6.07) is 5.87. The molecular formula is C12H16BrFN2. The van der Waals surface area contributed by atoms with Gasteiger partial charge in [-0.15, -0.1) is 0 Å². The van der Waals surface area contributed by atoms with Crippen LogP contribution in [0.5, 0.6) is 0 Å². The number of rotatable bonds is 6. The molecule has 1 fully saturated rings. The highest BCUT2D eigenvalue weighted by Crippen LogP contribution is 2.20. The van der Waals surface area contributed by atoms with Gasteiger partial charge < -0.3 is 10.6 Å². The highest BCUT2D eigenvalue weighted by atomic mass is 79.9. The molecule has 88 valence electrons. The molecule has 2 rings (SSSR count). The van der Waals surface area contributed by atoms with Crippen molar-refractivity contribution < 1.29 is 4.39 Å². The second-order valence-corrected chi connectivity index (χ2v) is 4.91. The zero-order valence-electron chi connectivity index (χ0n) is 9.10. The molecule has 0 aliphatic heterocycles. The van der Waals surface area contributed by atoms with Gasteiger partial charge in [-0.3, -0.25) is 0 Å². The third-order valence-corrected chi connectivity index (χ3v) is 3.55. The van der Waals surface area contributed by atoms with Crippen molar-refractivity contribution >= 4 is 15.9 Å². The third kappa shape index (κ3) is 3.54. The molecule has 16 heavy (non-hydrogen) atoms. The van der Waals surface area contributed by atoms with E-state index in [1.165, 1.54) is 18.9 Å². The van der Waals surface area contributed by atoms with Crippen molar-refractivity contribution in [1.29, 1.82) is 0 Å². The first-order valence-electron chi connectivity index (χ1n) is 5.64. The molecule has 2 N–H and O–H groups in total. The maximum Gasteiger partial charge on any atom is 0.137 e. The monoisotopic (exact) mass is 286 g/mol. The van der Waals surface area contributed by atoms with E-state index in [-0.39, 0.29) is 5.82 Å². The predicted octanol–water partition coefficient (Wildman–Crippen LogP) is 2.43. The first-order chi connectivity index (χ1) is 7.77. The standard InChI is InChI=1S/C12H16BrFN2/c13-12-9(2-1-3-11(12)14)8-15-6-7-16-10-4-5-10/h1-3,10,15-16H,4-8H2. The zero-order chi connectivity index (χ0) is 11.4. The molecule has 0 bridgehead atoms. The number of nitrogens with one attached hydrogen (secondary N) is 2. The molecular weight excluding hydrogens is 271 g/mol. The van der Waals surface area contributed by atoms with E-state index in [1.807, 2.05) is 6.07 Å². The summed E-state index contributed by atoms with van der Waals surface area (Å²) in [6.45, 7) is 2.60. The molecule has 0 aromatic heterocycles. The van der Waals surface area contributed by atoms with Crippen LogP contribution in [0.15, 0.2) is 22.7 Å². The van der Waals surface area contributed by atoms with Gasteiger partial charge in [-0.05, 0) is 40.4 Å². The fourth-order valence-electron chi connectivity index (χ4n) is 1.56. The van der Waals surface area contributed by atoms with Gasteiger partial charge in [-0.25, -0.2) is 4.39 Å². The first-order valence-corrected chi connectivity index (χ1v) is 6.43. The normalized spacial score (nSPS) is 15.4. The van der Waals surface area contributed by atoms with Gasteiger partial charge >= 0.3 is 0 Å². The summed E-state index contributed by atoms with van der Waals surface area (Å²) in [6.07, 6.45) is 2.63. The van der Waals surface area contributed by atoms with Crippen molar-refractivity contribution in [3.63, 3.8) is 0 Å². The van der Waals surface area contributed by atoms with Gasteiger partial charge in [0.1, 0.15) is 5.82 Å². The highest BCUT2D eigenvalue weighted by molar-refractivity contribution is 9.10. The van der Waals surface area contributed by atoms with E-state index in [9.17, 15) is 4.39 Å². The van der Waals surface area contributed by atoms with E-state index in [0.29, 0.717) is 11.0 Å². The molecule has 4 heteroatoms. The highest BCUT2D eigenvalue weighted by Gasteiger charge is 2.19. The minimum atomic E-state index is -0.199. The maximum absolute atomic E-state index is 13.2. The molecule has 0 unspecified atom stereocenters. The second-order valence-electron chi connectivity index (χ2n) is 4.12. The molecule has 1 aromatic rings. The van der Waals surface area contributed by atoms with E-state index in [4.69, 9.17) is 0 Å². The van der Waals surface area contributed by atoms with Gasteiger partial charge in [0.05, 0.1) is 4.47 Å². The van der Waals surface area contributed by atoms with Crippen LogP contribution in [-0.2, 0) is 6.54 Å². The summed E-state index contributed by atoms with van der Waals surface area (Å²) >= 11 is 3.25. The zero-order valence-corrected chi connectivity index (χ0v) is 10.7. The summed E-state index contributed by atoms with van der Waals surface area (Å²) in [5.74, 6) is -0.199. The van der Waals surface area contributed by atoms with Gasteiger partial charge in [0.15, 0.2) is 0 Å². The van der Waals surface area contributed by atoms with Crippen LogP contribution in [0.25, 0.3) is 0 Å². The third-order valence-electron chi connectivity index (χ3n) is 2.66. The van der Waals surface area contributed by atoms with Crippen molar-refractivity contribution in [3.05, 3.63) is 34.1 Å². The van der Waals surface area contributed by atoms with Crippen LogP contribution in [-0.4, -0.2) is 19.1 Å². The van der Waals surface area contributed by atoms with Crippen LogP contribution in [0.3, 0.4) is 0 Å². The quantitative estimate of drug-likeness (QED) is 0.785. The van der Waals surface area contributed by atoms with Crippen LogP contribution in [0.4, 0.5) is 4.39 Å². The molecule has 2 nitrogen and oxygen atoms in total. The van der Waals surface area contributed by atoms with Crippen LogP contribution >= 0.6 is 15.9 Å². The second kappa shape index (κ2) is 5.75. The molecule has 0 heterocycles. The lowest BCUT2D eigenvalue weighted by Crippen LogP contribution is -2.28. The molecule has 1 aliphatic rings. The predicted molar refractivity (Wildman–Crippen MR) is 66.8 cm³/mol. The summed E-state index contributed by atoms with van der Waals surface area (Å²) in [4.78, 5) is 0. The lowest BCUT2D eigenvalue weighted by molar-refractivity contribution is 0.596. The minimum Gasteiger partial charge on any atom is -0.313 e. The Bertz CT molecular complexity index is 353. The number of hydrogen-bond donors (Lipinski definition) is 2. The molecule has 0 radical (unpaired) electrons. The largest absolute Gasteiger partial charge is 0.313 e. The number of halogens is 2. The molecule has 1 aromatic carbocycles. The topological polar surface area (TPSA) is 24.1 Å². The van der Waals surface area contributed by atoms with Crippen molar-refractivity contribution in [2.45, 2.75) is 25.4 Å². The van der Waals surface area contributed by atoms with Crippen molar-refractivity contribution in [2.75, 3.05) is 13.1 Å². The Morgan fingerprint density at radius 3 is 2.88 bits per heavy atom. The molecule has 0 atom stereocenters. The van der Waals surface area contributed by atoms with Crippen LogP contribution in [0, 0.1) is 5.82 Å². The summed E-state index contributed by atoms with van der Waals surface area (Å²) in [5, 5.41) is 6.71. The van der Waals surface area contributed by atoms with Gasteiger partial charge in [0.25, 0.3) is 0 Å². The Hall–Kier alpha value is -0.450. The average molecular weight is 287 g/mol. The van der Waals surface area contributed by atoms with Crippen LogP contribution < -0.4 is 10.6 Å². The SMILES string of the molecule is Fc1cccc(CNCCNC2CC2)c1Br. The number of benzene rings is 1. The lowest BCUT2D eigenvalue weighted by Gasteiger charge is -2.07. The minimum absolute atomic E-state index is 0.199. The smallest absolute Gasteiger partial charge is 0.137 e.